The number of hydrogen-bond donors (Lipinski definition) is 1. The molecule has 0 aliphatic heterocycles. The summed E-state index contributed by atoms with van der Waals surface area (Å²) in [5.74, 6) is 0.319. The molecule has 1 aromatic rings. The monoisotopic (exact) mass is 222 g/mol. The van der Waals surface area contributed by atoms with E-state index in [4.69, 9.17) is 10.5 Å². The number of rotatable bonds is 5. The van der Waals surface area contributed by atoms with Gasteiger partial charge in [0.25, 0.3) is 0 Å². The Bertz CT molecular complexity index is 373. The van der Waals surface area contributed by atoms with Gasteiger partial charge in [0.05, 0.1) is 12.6 Å². The third kappa shape index (κ3) is 2.22. The number of hydrogen-bond acceptors (Lipinski definition) is 4. The Morgan fingerprint density at radius 1 is 1.50 bits per heavy atom. The highest BCUT2D eigenvalue weighted by Gasteiger charge is 2.33. The van der Waals surface area contributed by atoms with Crippen LogP contribution in [-0.2, 0) is 0 Å². The first-order valence-electron chi connectivity index (χ1n) is 5.41. The first-order chi connectivity index (χ1) is 7.59. The molecule has 0 aromatic carbocycles. The van der Waals surface area contributed by atoms with Crippen LogP contribution < -0.4 is 10.5 Å². The molecule has 88 valence electrons. The van der Waals surface area contributed by atoms with Gasteiger partial charge < -0.3 is 10.5 Å². The zero-order valence-electron chi connectivity index (χ0n) is 9.99. The van der Waals surface area contributed by atoms with E-state index in [1.54, 1.807) is 18.3 Å². The van der Waals surface area contributed by atoms with Gasteiger partial charge in [-0.2, -0.15) is 0 Å². The van der Waals surface area contributed by atoms with Gasteiger partial charge in [-0.3, -0.25) is 4.79 Å². The van der Waals surface area contributed by atoms with Crippen molar-refractivity contribution in [1.29, 1.82) is 0 Å². The van der Waals surface area contributed by atoms with Gasteiger partial charge in [0, 0.05) is 6.20 Å². The Morgan fingerprint density at radius 2 is 2.12 bits per heavy atom. The van der Waals surface area contributed by atoms with Crippen molar-refractivity contribution in [1.82, 2.24) is 4.98 Å². The summed E-state index contributed by atoms with van der Waals surface area (Å²) in [7, 11) is 1.52. The lowest BCUT2D eigenvalue weighted by molar-refractivity contribution is 0.0870. The largest absolute Gasteiger partial charge is 0.494 e. The standard InChI is InChI=1S/C12H18N2O2/c1-4-12(13,5-2)11(15)10-9(16-3)7-6-8-14-10/h6-8H,4-5,13H2,1-3H3. The maximum Gasteiger partial charge on any atom is 0.204 e. The van der Waals surface area contributed by atoms with Crippen LogP contribution in [0.1, 0.15) is 37.2 Å². The molecule has 0 saturated carbocycles. The summed E-state index contributed by atoms with van der Waals surface area (Å²) in [6.45, 7) is 3.80. The fourth-order valence-electron chi connectivity index (χ4n) is 1.53. The zero-order chi connectivity index (χ0) is 12.2. The van der Waals surface area contributed by atoms with Crippen molar-refractivity contribution in [2.24, 2.45) is 5.73 Å². The SMILES string of the molecule is CCC(N)(CC)C(=O)c1ncccc1OC. The lowest BCUT2D eigenvalue weighted by Crippen LogP contribution is -2.47. The molecular weight excluding hydrogens is 204 g/mol. The Hall–Kier alpha value is -1.42. The van der Waals surface area contributed by atoms with E-state index < -0.39 is 5.54 Å². The maximum absolute atomic E-state index is 12.2. The predicted molar refractivity (Wildman–Crippen MR) is 62.6 cm³/mol. The Morgan fingerprint density at radius 3 is 2.62 bits per heavy atom. The number of pyridine rings is 1. The van der Waals surface area contributed by atoms with Gasteiger partial charge in [0.15, 0.2) is 0 Å². The molecule has 0 amide bonds. The minimum Gasteiger partial charge on any atom is -0.494 e. The molecule has 0 aliphatic carbocycles. The van der Waals surface area contributed by atoms with E-state index in [2.05, 4.69) is 4.98 Å². The summed E-state index contributed by atoms with van der Waals surface area (Å²) in [6, 6.07) is 3.44. The zero-order valence-corrected chi connectivity index (χ0v) is 9.99. The van der Waals surface area contributed by atoms with E-state index in [-0.39, 0.29) is 5.78 Å². The first-order valence-corrected chi connectivity index (χ1v) is 5.41. The van der Waals surface area contributed by atoms with Crippen LogP contribution in [0.5, 0.6) is 5.75 Å². The molecule has 4 nitrogen and oxygen atoms in total. The molecule has 0 unspecified atom stereocenters. The average Bonchev–Trinajstić information content (AvgIpc) is 2.36. The number of nitrogens with zero attached hydrogens (tertiary/aromatic N) is 1. The van der Waals surface area contributed by atoms with Crippen LogP contribution in [-0.4, -0.2) is 23.4 Å². The lowest BCUT2D eigenvalue weighted by atomic mass is 9.87. The number of ketones is 1. The van der Waals surface area contributed by atoms with Gasteiger partial charge in [-0.25, -0.2) is 4.98 Å². The number of Topliss-reactive ketones (excluding diaryl/α,β-unsaturated/α-hetero) is 1. The fourth-order valence-corrected chi connectivity index (χ4v) is 1.53. The highest BCUT2D eigenvalue weighted by molar-refractivity contribution is 6.03. The predicted octanol–water partition coefficient (Wildman–Crippen LogP) is 1.79. The number of ether oxygens (including phenoxy) is 1. The topological polar surface area (TPSA) is 65.2 Å². The molecule has 1 aromatic heterocycles. The highest BCUT2D eigenvalue weighted by atomic mass is 16.5. The third-order valence-electron chi connectivity index (χ3n) is 2.92. The summed E-state index contributed by atoms with van der Waals surface area (Å²) < 4.78 is 5.11. The van der Waals surface area contributed by atoms with Gasteiger partial charge in [-0.15, -0.1) is 0 Å². The Kier molecular flexibility index (Phi) is 4.01. The molecule has 16 heavy (non-hydrogen) atoms. The van der Waals surface area contributed by atoms with Crippen LogP contribution in [0.3, 0.4) is 0 Å². The number of methoxy groups -OCH3 is 1. The summed E-state index contributed by atoms with van der Waals surface area (Å²) in [4.78, 5) is 16.3. The van der Waals surface area contributed by atoms with Crippen LogP contribution >= 0.6 is 0 Å². The lowest BCUT2D eigenvalue weighted by Gasteiger charge is -2.24. The smallest absolute Gasteiger partial charge is 0.204 e. The first kappa shape index (κ1) is 12.6. The molecule has 0 atom stereocenters. The van der Waals surface area contributed by atoms with Crippen LogP contribution in [0, 0.1) is 0 Å². The normalized spacial score (nSPS) is 11.2. The van der Waals surface area contributed by atoms with E-state index >= 15 is 0 Å². The highest BCUT2D eigenvalue weighted by Crippen LogP contribution is 2.23. The van der Waals surface area contributed by atoms with Crippen molar-refractivity contribution in [2.75, 3.05) is 7.11 Å². The number of nitrogens with two attached hydrogens (primary N) is 1. The average molecular weight is 222 g/mol. The summed E-state index contributed by atoms with van der Waals surface area (Å²) in [5.41, 5.74) is 5.52. The van der Waals surface area contributed by atoms with Gasteiger partial charge in [-0.1, -0.05) is 13.8 Å². The molecule has 0 radical (unpaired) electrons. The van der Waals surface area contributed by atoms with Crippen LogP contribution in [0.15, 0.2) is 18.3 Å². The van der Waals surface area contributed by atoms with E-state index in [0.717, 1.165) is 0 Å². The molecule has 1 heterocycles. The van der Waals surface area contributed by atoms with Crippen molar-refractivity contribution >= 4 is 5.78 Å². The van der Waals surface area contributed by atoms with Crippen molar-refractivity contribution in [3.05, 3.63) is 24.0 Å². The van der Waals surface area contributed by atoms with E-state index in [9.17, 15) is 4.79 Å². The molecule has 0 saturated heterocycles. The Balaban J connectivity index is 3.13. The molecule has 1 rings (SSSR count). The van der Waals surface area contributed by atoms with Crippen molar-refractivity contribution in [3.8, 4) is 5.75 Å². The van der Waals surface area contributed by atoms with Gasteiger partial charge in [0.1, 0.15) is 11.4 Å². The fraction of sp³-hybridized carbons (Fsp3) is 0.500. The third-order valence-corrected chi connectivity index (χ3v) is 2.92. The van der Waals surface area contributed by atoms with Gasteiger partial charge in [-0.05, 0) is 25.0 Å². The van der Waals surface area contributed by atoms with E-state index in [1.807, 2.05) is 13.8 Å². The number of carbonyl (C=O) groups excluding carboxylic acids is 1. The van der Waals surface area contributed by atoms with Gasteiger partial charge in [0.2, 0.25) is 5.78 Å². The second-order valence-electron chi connectivity index (χ2n) is 3.75. The molecule has 0 fully saturated rings. The quantitative estimate of drug-likeness (QED) is 0.771. The summed E-state index contributed by atoms with van der Waals surface area (Å²) in [5, 5.41) is 0. The van der Waals surface area contributed by atoms with Crippen LogP contribution in [0.25, 0.3) is 0 Å². The molecule has 0 bridgehead atoms. The molecule has 0 spiro atoms. The minimum atomic E-state index is -0.846. The second kappa shape index (κ2) is 5.07. The number of aromatic nitrogens is 1. The maximum atomic E-state index is 12.2. The van der Waals surface area contributed by atoms with Crippen molar-refractivity contribution in [2.45, 2.75) is 32.2 Å². The molecule has 4 heteroatoms. The van der Waals surface area contributed by atoms with Crippen LogP contribution in [0.4, 0.5) is 0 Å². The molecular formula is C12H18N2O2. The van der Waals surface area contributed by atoms with E-state index in [0.29, 0.717) is 24.3 Å². The Labute approximate surface area is 95.8 Å². The van der Waals surface area contributed by atoms with Gasteiger partial charge >= 0.3 is 0 Å². The van der Waals surface area contributed by atoms with Crippen molar-refractivity contribution in [3.63, 3.8) is 0 Å². The summed E-state index contributed by atoms with van der Waals surface area (Å²) >= 11 is 0. The molecule has 2 N–H and O–H groups in total. The summed E-state index contributed by atoms with van der Waals surface area (Å²) in [6.07, 6.45) is 2.74. The number of carbonyl (C=O) groups is 1. The van der Waals surface area contributed by atoms with Crippen LogP contribution in [0.2, 0.25) is 0 Å². The van der Waals surface area contributed by atoms with E-state index in [1.165, 1.54) is 7.11 Å². The van der Waals surface area contributed by atoms with Crippen molar-refractivity contribution < 1.29 is 9.53 Å². The molecule has 0 aliphatic rings. The second-order valence-corrected chi connectivity index (χ2v) is 3.75. The minimum absolute atomic E-state index is 0.157.